The van der Waals surface area contributed by atoms with E-state index < -0.39 is 30.1 Å². The fraction of sp³-hybridized carbons (Fsp3) is 0.176. The number of nitrogens with zero attached hydrogens (tertiary/aromatic N) is 6. The highest BCUT2D eigenvalue weighted by atomic mass is 32.2. The largest absolute Gasteiger partial charge is 0.379 e. The van der Waals surface area contributed by atoms with Gasteiger partial charge in [0.05, 0.1) is 35.4 Å². The third-order valence-corrected chi connectivity index (χ3v) is 10.4. The second-order valence-electron chi connectivity index (χ2n) is 11.9. The van der Waals surface area contributed by atoms with Gasteiger partial charge in [-0.05, 0) is 83.9 Å². The molecule has 20 nitrogen and oxygen atoms in total. The van der Waals surface area contributed by atoms with Gasteiger partial charge in [-0.1, -0.05) is 0 Å². The van der Waals surface area contributed by atoms with Crippen LogP contribution in [0.1, 0.15) is 11.1 Å². The quantitative estimate of drug-likeness (QED) is 0.0712. The Labute approximate surface area is 319 Å². The van der Waals surface area contributed by atoms with Crippen LogP contribution < -0.4 is 19.2 Å². The average molecular weight is 809 g/mol. The second-order valence-corrected chi connectivity index (χ2v) is 14.9. The Morgan fingerprint density at radius 2 is 0.911 bits per heavy atom. The molecule has 1 saturated heterocycles. The van der Waals surface area contributed by atoms with Crippen LogP contribution in [0.2, 0.25) is 0 Å². The molecule has 0 saturated carbocycles. The van der Waals surface area contributed by atoms with Crippen LogP contribution in [0.4, 0.5) is 11.4 Å². The molecule has 0 spiro atoms. The van der Waals surface area contributed by atoms with Crippen molar-refractivity contribution < 1.29 is 44.6 Å². The average Bonchev–Trinajstić information content (AvgIpc) is 3.17. The summed E-state index contributed by atoms with van der Waals surface area (Å²) in [5.74, 6) is -0.709. The van der Waals surface area contributed by atoms with Crippen molar-refractivity contribution in [3.05, 3.63) is 128 Å². The molecule has 4 aromatic rings. The van der Waals surface area contributed by atoms with Crippen molar-refractivity contribution in [3.63, 3.8) is 0 Å². The summed E-state index contributed by atoms with van der Waals surface area (Å²) in [6.45, 7) is 2.22. The summed E-state index contributed by atoms with van der Waals surface area (Å²) >= 11 is 0. The van der Waals surface area contributed by atoms with Gasteiger partial charge in [0.2, 0.25) is 0 Å². The minimum Gasteiger partial charge on any atom is -0.379 e. The number of non-ortho nitro benzene ring substituents is 2. The minimum atomic E-state index is -4.22. The number of amides is 2. The topological polar surface area (TPSA) is 262 Å². The maximum absolute atomic E-state index is 12.5. The van der Waals surface area contributed by atoms with E-state index in [1.807, 2.05) is 9.80 Å². The SMILES string of the molecule is O=C(CN1CCN(CC(=O)NN=Cc2ccc(OS(=O)(=O)c3ccc([N+](=O)[O-])cc3)cc2)CC1)NN=Cc1ccc(OS(=O)(=O)c2ccc([N+](=O)[O-])cc2)cc1. The van der Waals surface area contributed by atoms with Crippen LogP contribution in [0, 0.1) is 20.2 Å². The van der Waals surface area contributed by atoms with E-state index in [2.05, 4.69) is 21.1 Å². The molecule has 56 heavy (non-hydrogen) atoms. The van der Waals surface area contributed by atoms with E-state index in [1.54, 1.807) is 0 Å². The Hall–Kier alpha value is -6.62. The molecule has 0 bridgehead atoms. The van der Waals surface area contributed by atoms with Crippen molar-refractivity contribution in [2.45, 2.75) is 9.79 Å². The van der Waals surface area contributed by atoms with Crippen LogP contribution in [-0.4, -0.2) is 100.0 Å². The molecule has 292 valence electrons. The molecule has 2 N–H and O–H groups in total. The van der Waals surface area contributed by atoms with E-state index in [-0.39, 0.29) is 57.6 Å². The number of piperazine rings is 1. The van der Waals surface area contributed by atoms with Crippen LogP contribution in [0.3, 0.4) is 0 Å². The van der Waals surface area contributed by atoms with E-state index >= 15 is 0 Å². The number of carbonyl (C=O) groups is 2. The normalized spacial score (nSPS) is 14.0. The molecule has 1 aliphatic rings. The van der Waals surface area contributed by atoms with Gasteiger partial charge in [-0.15, -0.1) is 0 Å². The molecule has 1 fully saturated rings. The maximum Gasteiger partial charge on any atom is 0.339 e. The second kappa shape index (κ2) is 18.1. The summed E-state index contributed by atoms with van der Waals surface area (Å²) in [6, 6.07) is 20.2. The molecule has 22 heteroatoms. The van der Waals surface area contributed by atoms with Gasteiger partial charge in [0.1, 0.15) is 21.3 Å². The first-order valence-electron chi connectivity index (χ1n) is 16.3. The Morgan fingerprint density at radius 1 is 0.589 bits per heavy atom. The summed E-state index contributed by atoms with van der Waals surface area (Å²) in [7, 11) is -8.44. The smallest absolute Gasteiger partial charge is 0.339 e. The molecule has 0 radical (unpaired) electrons. The van der Waals surface area contributed by atoms with Crippen molar-refractivity contribution >= 4 is 55.9 Å². The van der Waals surface area contributed by atoms with Crippen molar-refractivity contribution in [2.75, 3.05) is 39.3 Å². The number of nitro groups is 2. The Balaban J connectivity index is 0.976. The van der Waals surface area contributed by atoms with Gasteiger partial charge in [0.25, 0.3) is 23.2 Å². The van der Waals surface area contributed by atoms with Gasteiger partial charge < -0.3 is 8.37 Å². The lowest BCUT2D eigenvalue weighted by molar-refractivity contribution is -0.385. The summed E-state index contributed by atoms with van der Waals surface area (Å²) in [6.07, 6.45) is 2.74. The lowest BCUT2D eigenvalue weighted by Crippen LogP contribution is -2.51. The summed E-state index contributed by atoms with van der Waals surface area (Å²) in [5.41, 5.74) is 5.44. The summed E-state index contributed by atoms with van der Waals surface area (Å²) in [4.78, 5) is 48.5. The van der Waals surface area contributed by atoms with Crippen molar-refractivity contribution in [2.24, 2.45) is 10.2 Å². The van der Waals surface area contributed by atoms with Crippen LogP contribution >= 0.6 is 0 Å². The zero-order valence-electron chi connectivity index (χ0n) is 29.0. The van der Waals surface area contributed by atoms with E-state index in [0.29, 0.717) is 37.3 Å². The lowest BCUT2D eigenvalue weighted by atomic mass is 10.2. The van der Waals surface area contributed by atoms with Crippen LogP contribution in [0.5, 0.6) is 11.5 Å². The zero-order valence-corrected chi connectivity index (χ0v) is 30.7. The number of carbonyl (C=O) groups excluding carboxylic acids is 2. The molecule has 5 rings (SSSR count). The summed E-state index contributed by atoms with van der Waals surface area (Å²) < 4.78 is 60.1. The standard InChI is InChI=1S/C34H32N8O12S2/c43-33(37-35-21-25-1-9-29(10-2-25)53-55(49,50)31-13-5-27(6-14-31)41(45)46)23-39-17-19-40(20-18-39)24-34(44)38-36-22-26-3-11-30(12-4-26)54-56(51,52)32-15-7-28(8-16-32)42(47)48/h1-16,21-22H,17-20,23-24H2,(H,37,43)(H,38,44). The van der Waals surface area contributed by atoms with Crippen LogP contribution in [0.15, 0.2) is 117 Å². The molecule has 0 atom stereocenters. The monoisotopic (exact) mass is 808 g/mol. The number of hydrogen-bond acceptors (Lipinski definition) is 16. The molecule has 2 amide bonds. The predicted octanol–water partition coefficient (Wildman–Crippen LogP) is 2.26. The third kappa shape index (κ3) is 11.7. The molecule has 1 heterocycles. The number of hydrogen-bond donors (Lipinski definition) is 2. The van der Waals surface area contributed by atoms with E-state index in [4.69, 9.17) is 8.37 Å². The van der Waals surface area contributed by atoms with Crippen molar-refractivity contribution in [1.82, 2.24) is 20.7 Å². The molecule has 1 aliphatic heterocycles. The number of rotatable bonds is 16. The van der Waals surface area contributed by atoms with Gasteiger partial charge in [-0.25, -0.2) is 10.9 Å². The Kier molecular flexibility index (Phi) is 13.1. The zero-order chi connectivity index (χ0) is 40.3. The predicted molar refractivity (Wildman–Crippen MR) is 199 cm³/mol. The Morgan fingerprint density at radius 3 is 1.21 bits per heavy atom. The third-order valence-electron chi connectivity index (χ3n) is 7.85. The maximum atomic E-state index is 12.5. The first-order valence-corrected chi connectivity index (χ1v) is 19.1. The molecule has 0 aromatic heterocycles. The number of benzene rings is 4. The van der Waals surface area contributed by atoms with Crippen molar-refractivity contribution in [1.29, 1.82) is 0 Å². The highest BCUT2D eigenvalue weighted by Gasteiger charge is 2.22. The Bertz CT molecular complexity index is 2160. The van der Waals surface area contributed by atoms with Gasteiger partial charge in [-0.2, -0.15) is 27.0 Å². The lowest BCUT2D eigenvalue weighted by Gasteiger charge is -2.33. The van der Waals surface area contributed by atoms with E-state index in [9.17, 15) is 46.7 Å². The minimum absolute atomic E-state index is 0.00534. The molecule has 4 aromatic carbocycles. The van der Waals surface area contributed by atoms with Gasteiger partial charge in [-0.3, -0.25) is 39.6 Å². The van der Waals surface area contributed by atoms with E-state index in [1.165, 1.54) is 61.0 Å². The number of nitrogens with one attached hydrogen (secondary N) is 2. The van der Waals surface area contributed by atoms with Crippen molar-refractivity contribution in [3.8, 4) is 11.5 Å². The highest BCUT2D eigenvalue weighted by molar-refractivity contribution is 7.87. The first-order chi connectivity index (χ1) is 26.7. The first kappa shape index (κ1) is 40.6. The van der Waals surface area contributed by atoms with Gasteiger partial charge >= 0.3 is 20.2 Å². The number of nitro benzene ring substituents is 2. The van der Waals surface area contributed by atoms with Gasteiger partial charge in [0, 0.05) is 50.4 Å². The number of hydrazone groups is 2. The molecular formula is C34H32N8O12S2. The molecule has 0 unspecified atom stereocenters. The fourth-order valence-corrected chi connectivity index (χ4v) is 6.84. The fourth-order valence-electron chi connectivity index (χ4n) is 4.98. The van der Waals surface area contributed by atoms with E-state index in [0.717, 1.165) is 48.5 Å². The van der Waals surface area contributed by atoms with Crippen LogP contribution in [0.25, 0.3) is 0 Å². The van der Waals surface area contributed by atoms with Gasteiger partial charge in [0.15, 0.2) is 0 Å². The molecule has 0 aliphatic carbocycles. The highest BCUT2D eigenvalue weighted by Crippen LogP contribution is 2.23. The van der Waals surface area contributed by atoms with Crippen LogP contribution in [-0.2, 0) is 29.8 Å². The summed E-state index contributed by atoms with van der Waals surface area (Å²) in [5, 5.41) is 29.5. The molecular weight excluding hydrogens is 777 g/mol.